The van der Waals surface area contributed by atoms with E-state index in [1.807, 2.05) is 13.0 Å². The zero-order valence-corrected chi connectivity index (χ0v) is 14.4. The van der Waals surface area contributed by atoms with Crippen molar-refractivity contribution in [2.24, 2.45) is 0 Å². The van der Waals surface area contributed by atoms with Crippen LogP contribution in [-0.4, -0.2) is 21.2 Å². The van der Waals surface area contributed by atoms with E-state index in [9.17, 15) is 13.2 Å². The summed E-state index contributed by atoms with van der Waals surface area (Å²) in [7, 11) is -1.77. The van der Waals surface area contributed by atoms with E-state index in [2.05, 4.69) is 10.0 Å². The van der Waals surface area contributed by atoms with Gasteiger partial charge < -0.3 is 9.73 Å². The molecule has 24 heavy (non-hydrogen) atoms. The van der Waals surface area contributed by atoms with E-state index in [1.165, 1.54) is 12.3 Å². The maximum atomic E-state index is 12.0. The van der Waals surface area contributed by atoms with Gasteiger partial charge >= 0.3 is 5.63 Å². The lowest BCUT2D eigenvalue weighted by atomic mass is 10.0. The largest absolute Gasteiger partial charge is 0.431 e. The second-order valence-electron chi connectivity index (χ2n) is 5.32. The molecule has 1 aromatic heterocycles. The van der Waals surface area contributed by atoms with Crippen LogP contribution in [0.15, 0.2) is 58.1 Å². The van der Waals surface area contributed by atoms with Gasteiger partial charge in [0.15, 0.2) is 0 Å². The molecule has 0 saturated heterocycles. The summed E-state index contributed by atoms with van der Waals surface area (Å²) in [4.78, 5) is 11.8. The zero-order chi connectivity index (χ0) is 17.6. The molecule has 2 N–H and O–H groups in total. The Bertz CT molecular complexity index is 885. The van der Waals surface area contributed by atoms with Gasteiger partial charge in [0.1, 0.15) is 0 Å². The highest BCUT2D eigenvalue weighted by Crippen LogP contribution is 2.16. The van der Waals surface area contributed by atoms with Gasteiger partial charge in [0.05, 0.1) is 12.0 Å². The predicted octanol–water partition coefficient (Wildman–Crippen LogP) is 2.01. The Balaban J connectivity index is 2.17. The Morgan fingerprint density at radius 2 is 2.04 bits per heavy atom. The minimum atomic E-state index is -3.47. The number of benzene rings is 1. The fourth-order valence-corrected chi connectivity index (χ4v) is 3.12. The van der Waals surface area contributed by atoms with Crippen molar-refractivity contribution >= 4 is 15.7 Å². The molecule has 0 saturated carbocycles. The third-order valence-electron chi connectivity index (χ3n) is 3.40. The Kier molecular flexibility index (Phi) is 5.81. The Labute approximate surface area is 141 Å². The van der Waals surface area contributed by atoms with Gasteiger partial charge in [-0.15, -0.1) is 0 Å². The van der Waals surface area contributed by atoms with Crippen LogP contribution in [0.25, 0.3) is 0 Å². The molecule has 1 heterocycles. The highest BCUT2D eigenvalue weighted by atomic mass is 32.2. The zero-order valence-electron chi connectivity index (χ0n) is 13.6. The molecule has 0 fully saturated rings. The molecule has 0 amide bonds. The van der Waals surface area contributed by atoms with Gasteiger partial charge in [0.25, 0.3) is 0 Å². The topological polar surface area (TPSA) is 88.4 Å². The fraction of sp³-hybridized carbons (Fsp3) is 0.235. The highest BCUT2D eigenvalue weighted by Gasteiger charge is 2.10. The molecule has 0 bridgehead atoms. The van der Waals surface area contributed by atoms with Gasteiger partial charge in [0, 0.05) is 24.7 Å². The summed E-state index contributed by atoms with van der Waals surface area (Å²) in [5, 5.41) is 2.74. The lowest BCUT2D eigenvalue weighted by Gasteiger charge is -2.09. The SMILES string of the molecule is CNC=CCS(=O)(=O)Nc1cccc(Cc2c(C)ccoc2=O)c1. The molecule has 6 nitrogen and oxygen atoms in total. The van der Waals surface area contributed by atoms with E-state index in [0.29, 0.717) is 17.7 Å². The van der Waals surface area contributed by atoms with E-state index >= 15 is 0 Å². The van der Waals surface area contributed by atoms with Crippen LogP contribution >= 0.6 is 0 Å². The van der Waals surface area contributed by atoms with E-state index < -0.39 is 10.0 Å². The van der Waals surface area contributed by atoms with Gasteiger partial charge in [-0.1, -0.05) is 18.2 Å². The van der Waals surface area contributed by atoms with Crippen molar-refractivity contribution in [1.82, 2.24) is 5.32 Å². The second kappa shape index (κ2) is 7.83. The van der Waals surface area contributed by atoms with Crippen LogP contribution in [-0.2, 0) is 16.4 Å². The first-order valence-corrected chi connectivity index (χ1v) is 9.05. The molecule has 0 aliphatic rings. The molecule has 2 aromatic rings. The minimum Gasteiger partial charge on any atom is -0.431 e. The summed E-state index contributed by atoms with van der Waals surface area (Å²) in [6.07, 6.45) is 4.83. The monoisotopic (exact) mass is 348 g/mol. The number of anilines is 1. The molecular formula is C17H20N2O4S. The number of nitrogens with one attached hydrogen (secondary N) is 2. The Hall–Kier alpha value is -2.54. The molecule has 0 radical (unpaired) electrons. The number of aryl methyl sites for hydroxylation is 1. The molecule has 7 heteroatoms. The van der Waals surface area contributed by atoms with Crippen LogP contribution in [0.4, 0.5) is 5.69 Å². The van der Waals surface area contributed by atoms with Crippen LogP contribution in [0.5, 0.6) is 0 Å². The van der Waals surface area contributed by atoms with Gasteiger partial charge in [-0.3, -0.25) is 4.72 Å². The average molecular weight is 348 g/mol. The van der Waals surface area contributed by atoms with Crippen LogP contribution in [0, 0.1) is 6.92 Å². The number of rotatable bonds is 7. The van der Waals surface area contributed by atoms with Crippen molar-refractivity contribution in [3.05, 3.63) is 76.0 Å². The first kappa shape index (κ1) is 17.8. The first-order chi connectivity index (χ1) is 11.4. The number of hydrogen-bond acceptors (Lipinski definition) is 5. The lowest BCUT2D eigenvalue weighted by molar-refractivity contribution is 0.501. The van der Waals surface area contributed by atoms with Crippen molar-refractivity contribution in [1.29, 1.82) is 0 Å². The lowest BCUT2D eigenvalue weighted by Crippen LogP contribution is -2.16. The van der Waals surface area contributed by atoms with Gasteiger partial charge in [0.2, 0.25) is 10.0 Å². The third-order valence-corrected chi connectivity index (χ3v) is 4.57. The van der Waals surface area contributed by atoms with E-state index in [0.717, 1.165) is 11.1 Å². The maximum absolute atomic E-state index is 12.0. The van der Waals surface area contributed by atoms with Crippen molar-refractivity contribution in [2.75, 3.05) is 17.5 Å². The van der Waals surface area contributed by atoms with Crippen molar-refractivity contribution < 1.29 is 12.8 Å². The molecule has 128 valence electrons. The van der Waals surface area contributed by atoms with E-state index in [-0.39, 0.29) is 11.4 Å². The van der Waals surface area contributed by atoms with E-state index in [1.54, 1.807) is 37.5 Å². The smallest absolute Gasteiger partial charge is 0.339 e. The maximum Gasteiger partial charge on any atom is 0.339 e. The summed E-state index contributed by atoms with van der Waals surface area (Å²) in [5.74, 6) is -0.126. The summed E-state index contributed by atoms with van der Waals surface area (Å²) >= 11 is 0. The van der Waals surface area contributed by atoms with Crippen LogP contribution < -0.4 is 15.7 Å². The molecule has 0 unspecified atom stereocenters. The molecule has 2 rings (SSSR count). The summed E-state index contributed by atoms with van der Waals surface area (Å²) < 4.78 is 31.4. The van der Waals surface area contributed by atoms with Crippen LogP contribution in [0.3, 0.4) is 0 Å². The highest BCUT2D eigenvalue weighted by molar-refractivity contribution is 7.92. The molecule has 0 atom stereocenters. The Morgan fingerprint density at radius 3 is 2.75 bits per heavy atom. The van der Waals surface area contributed by atoms with Gasteiger partial charge in [-0.2, -0.15) is 0 Å². The van der Waals surface area contributed by atoms with Crippen molar-refractivity contribution in [2.45, 2.75) is 13.3 Å². The second-order valence-corrected chi connectivity index (χ2v) is 7.09. The number of hydrogen-bond donors (Lipinski definition) is 2. The molecular weight excluding hydrogens is 328 g/mol. The molecule has 0 aliphatic heterocycles. The molecule has 0 spiro atoms. The minimum absolute atomic E-state index is 0.126. The van der Waals surface area contributed by atoms with Crippen LogP contribution in [0.2, 0.25) is 0 Å². The van der Waals surface area contributed by atoms with Gasteiger partial charge in [-0.05, 0) is 42.4 Å². The van der Waals surface area contributed by atoms with E-state index in [4.69, 9.17) is 4.42 Å². The van der Waals surface area contributed by atoms with Crippen LogP contribution in [0.1, 0.15) is 16.7 Å². The number of sulfonamides is 1. The summed E-state index contributed by atoms with van der Waals surface area (Å²) in [5.41, 5.74) is 2.31. The van der Waals surface area contributed by atoms with Gasteiger partial charge in [-0.25, -0.2) is 13.2 Å². The van der Waals surface area contributed by atoms with Crippen molar-refractivity contribution in [3.8, 4) is 0 Å². The standard InChI is InChI=1S/C17H20N2O4S/c1-13-7-9-23-17(20)16(13)12-14-5-3-6-15(11-14)19-24(21,22)10-4-8-18-2/h3-9,11,18-19H,10,12H2,1-2H3. The fourth-order valence-electron chi connectivity index (χ4n) is 2.20. The summed E-state index contributed by atoms with van der Waals surface area (Å²) in [6.45, 7) is 1.84. The van der Waals surface area contributed by atoms with Crippen molar-refractivity contribution in [3.63, 3.8) is 0 Å². The average Bonchev–Trinajstić information content (AvgIpc) is 2.51. The first-order valence-electron chi connectivity index (χ1n) is 7.40. The predicted molar refractivity (Wildman–Crippen MR) is 94.6 cm³/mol. The molecule has 0 aliphatic carbocycles. The Morgan fingerprint density at radius 1 is 1.25 bits per heavy atom. The normalized spacial score (nSPS) is 11.6. The molecule has 1 aromatic carbocycles. The third kappa shape index (κ3) is 4.99. The quantitative estimate of drug-likeness (QED) is 0.799. The summed E-state index contributed by atoms with van der Waals surface area (Å²) in [6, 6.07) is 8.70.